The van der Waals surface area contributed by atoms with E-state index in [2.05, 4.69) is 10.6 Å². The van der Waals surface area contributed by atoms with E-state index in [1.807, 2.05) is 0 Å². The van der Waals surface area contributed by atoms with Crippen molar-refractivity contribution in [1.82, 2.24) is 4.57 Å². The third kappa shape index (κ3) is 4.85. The Morgan fingerprint density at radius 1 is 1.06 bits per heavy atom. The zero-order valence-corrected chi connectivity index (χ0v) is 17.9. The summed E-state index contributed by atoms with van der Waals surface area (Å²) in [6.45, 7) is -0.0294. The molecule has 0 aliphatic heterocycles. The number of anilines is 2. The lowest BCUT2D eigenvalue weighted by molar-refractivity contribution is -0.384. The Bertz CT molecular complexity index is 1420. The summed E-state index contributed by atoms with van der Waals surface area (Å²) in [5.41, 5.74) is 1.50. The van der Waals surface area contributed by atoms with Gasteiger partial charge in [-0.2, -0.15) is 0 Å². The SMILES string of the molecule is COc1ccc(NC(=O)Cn2ccc3cc([N+](=O)[O-])ccc32)cc1NC(=O)c1cccc(F)c1. The number of fused-ring (bicyclic) bond motifs is 1. The molecule has 172 valence electrons. The number of methoxy groups -OCH3 is 1. The summed E-state index contributed by atoms with van der Waals surface area (Å²) in [6, 6.07) is 16.1. The number of hydrogen-bond acceptors (Lipinski definition) is 5. The fourth-order valence-corrected chi connectivity index (χ4v) is 3.50. The molecule has 1 heterocycles. The average molecular weight is 462 g/mol. The van der Waals surface area contributed by atoms with Gasteiger partial charge in [-0.25, -0.2) is 4.39 Å². The van der Waals surface area contributed by atoms with E-state index in [4.69, 9.17) is 4.74 Å². The molecule has 2 N–H and O–H groups in total. The van der Waals surface area contributed by atoms with E-state index in [-0.39, 0.29) is 23.7 Å². The molecule has 0 aliphatic rings. The zero-order valence-electron chi connectivity index (χ0n) is 17.9. The van der Waals surface area contributed by atoms with Crippen LogP contribution in [0.15, 0.2) is 72.9 Å². The van der Waals surface area contributed by atoms with Gasteiger partial charge in [-0.05, 0) is 48.5 Å². The van der Waals surface area contributed by atoms with Crippen molar-refractivity contribution >= 4 is 39.8 Å². The van der Waals surface area contributed by atoms with Gasteiger partial charge in [-0.3, -0.25) is 19.7 Å². The summed E-state index contributed by atoms with van der Waals surface area (Å²) in [5.74, 6) is -1.05. The maximum Gasteiger partial charge on any atom is 0.270 e. The Hall–Kier alpha value is -4.73. The number of nitro benzene ring substituents is 1. The predicted octanol–water partition coefficient (Wildman–Crippen LogP) is 4.59. The highest BCUT2D eigenvalue weighted by atomic mass is 19.1. The maximum absolute atomic E-state index is 13.4. The standard InChI is InChI=1S/C24H19FN4O5/c1-34-22-8-5-18(13-20(22)27-24(31)16-3-2-4-17(25)11-16)26-23(30)14-28-10-9-15-12-19(29(32)33)6-7-21(15)28/h2-13H,14H2,1H3,(H,26,30)(H,27,31). The number of non-ortho nitro benzene ring substituents is 1. The van der Waals surface area contributed by atoms with Crippen LogP contribution in [0.3, 0.4) is 0 Å². The molecule has 1 aromatic heterocycles. The summed E-state index contributed by atoms with van der Waals surface area (Å²) in [7, 11) is 1.44. The summed E-state index contributed by atoms with van der Waals surface area (Å²) >= 11 is 0. The number of nitrogens with zero attached hydrogens (tertiary/aromatic N) is 2. The van der Waals surface area contributed by atoms with Gasteiger partial charge in [-0.15, -0.1) is 0 Å². The lowest BCUT2D eigenvalue weighted by Gasteiger charge is -2.13. The van der Waals surface area contributed by atoms with Crippen LogP contribution in [0.2, 0.25) is 0 Å². The van der Waals surface area contributed by atoms with Gasteiger partial charge in [0.25, 0.3) is 11.6 Å². The van der Waals surface area contributed by atoms with Crippen molar-refractivity contribution in [2.45, 2.75) is 6.54 Å². The van der Waals surface area contributed by atoms with E-state index in [0.29, 0.717) is 28.0 Å². The van der Waals surface area contributed by atoms with Crippen LogP contribution in [0, 0.1) is 15.9 Å². The fourth-order valence-electron chi connectivity index (χ4n) is 3.50. The molecule has 0 saturated heterocycles. The number of carbonyl (C=O) groups excluding carboxylic acids is 2. The van der Waals surface area contributed by atoms with Gasteiger partial charge in [0, 0.05) is 40.5 Å². The quantitative estimate of drug-likeness (QED) is 0.308. The van der Waals surface area contributed by atoms with Gasteiger partial charge in [-0.1, -0.05) is 6.07 Å². The average Bonchev–Trinajstić information content (AvgIpc) is 3.21. The Morgan fingerprint density at radius 3 is 2.62 bits per heavy atom. The van der Waals surface area contributed by atoms with Crippen molar-refractivity contribution in [3.8, 4) is 5.75 Å². The van der Waals surface area contributed by atoms with Crippen LogP contribution in [0.4, 0.5) is 21.5 Å². The van der Waals surface area contributed by atoms with Gasteiger partial charge in [0.05, 0.1) is 17.7 Å². The Labute approximate surface area is 192 Å². The second kappa shape index (κ2) is 9.41. The van der Waals surface area contributed by atoms with Gasteiger partial charge in [0.2, 0.25) is 5.91 Å². The van der Waals surface area contributed by atoms with Crippen LogP contribution in [0.1, 0.15) is 10.4 Å². The molecule has 3 aromatic carbocycles. The van der Waals surface area contributed by atoms with E-state index < -0.39 is 16.6 Å². The second-order valence-corrected chi connectivity index (χ2v) is 7.37. The normalized spacial score (nSPS) is 10.6. The molecule has 0 unspecified atom stereocenters. The van der Waals surface area contributed by atoms with Crippen LogP contribution >= 0.6 is 0 Å². The topological polar surface area (TPSA) is 116 Å². The van der Waals surface area contributed by atoms with Gasteiger partial charge in [0.1, 0.15) is 18.1 Å². The second-order valence-electron chi connectivity index (χ2n) is 7.37. The molecule has 2 amide bonds. The van der Waals surface area contributed by atoms with Crippen molar-refractivity contribution in [3.05, 3.63) is 94.4 Å². The van der Waals surface area contributed by atoms with Crippen molar-refractivity contribution < 1.29 is 23.6 Å². The van der Waals surface area contributed by atoms with E-state index in [0.717, 1.165) is 6.07 Å². The van der Waals surface area contributed by atoms with E-state index in [1.165, 1.54) is 43.5 Å². The third-order valence-electron chi connectivity index (χ3n) is 5.10. The predicted molar refractivity (Wildman–Crippen MR) is 125 cm³/mol. The maximum atomic E-state index is 13.4. The molecule has 9 nitrogen and oxygen atoms in total. The third-order valence-corrected chi connectivity index (χ3v) is 5.10. The Kier molecular flexibility index (Phi) is 6.22. The summed E-state index contributed by atoms with van der Waals surface area (Å²) < 4.78 is 20.4. The molecule has 0 atom stereocenters. The first-order chi connectivity index (χ1) is 16.3. The zero-order chi connectivity index (χ0) is 24.2. The van der Waals surface area contributed by atoms with Crippen molar-refractivity contribution in [1.29, 1.82) is 0 Å². The van der Waals surface area contributed by atoms with Crippen LogP contribution in [-0.4, -0.2) is 28.4 Å². The number of benzene rings is 3. The number of amides is 2. The molecule has 0 bridgehead atoms. The first-order valence-electron chi connectivity index (χ1n) is 10.1. The highest BCUT2D eigenvalue weighted by molar-refractivity contribution is 6.05. The Balaban J connectivity index is 1.49. The summed E-state index contributed by atoms with van der Waals surface area (Å²) in [4.78, 5) is 35.6. The molecule has 4 aromatic rings. The number of ether oxygens (including phenoxy) is 1. The lowest BCUT2D eigenvalue weighted by Crippen LogP contribution is -2.18. The molecular weight excluding hydrogens is 443 g/mol. The van der Waals surface area contributed by atoms with Crippen LogP contribution in [0.25, 0.3) is 10.9 Å². The first kappa shape index (κ1) is 22.5. The van der Waals surface area contributed by atoms with Crippen molar-refractivity contribution in [2.75, 3.05) is 17.7 Å². The van der Waals surface area contributed by atoms with Crippen molar-refractivity contribution in [2.24, 2.45) is 0 Å². The molecule has 34 heavy (non-hydrogen) atoms. The molecule has 0 fully saturated rings. The minimum absolute atomic E-state index is 0.0271. The highest BCUT2D eigenvalue weighted by Gasteiger charge is 2.14. The molecule has 0 spiro atoms. The monoisotopic (exact) mass is 462 g/mol. The Morgan fingerprint density at radius 2 is 1.88 bits per heavy atom. The largest absolute Gasteiger partial charge is 0.495 e. The molecule has 0 radical (unpaired) electrons. The van der Waals surface area contributed by atoms with E-state index in [9.17, 15) is 24.1 Å². The van der Waals surface area contributed by atoms with Crippen molar-refractivity contribution in [3.63, 3.8) is 0 Å². The molecular formula is C24H19FN4O5. The number of nitrogens with one attached hydrogen (secondary N) is 2. The molecule has 4 rings (SSSR count). The van der Waals surface area contributed by atoms with Gasteiger partial charge in [0.15, 0.2) is 0 Å². The highest BCUT2D eigenvalue weighted by Crippen LogP contribution is 2.29. The summed E-state index contributed by atoms with van der Waals surface area (Å²) in [6.07, 6.45) is 1.67. The summed E-state index contributed by atoms with van der Waals surface area (Å²) in [5, 5.41) is 17.0. The van der Waals surface area contributed by atoms with Gasteiger partial charge >= 0.3 is 0 Å². The smallest absolute Gasteiger partial charge is 0.270 e. The van der Waals surface area contributed by atoms with Crippen LogP contribution in [-0.2, 0) is 11.3 Å². The van der Waals surface area contributed by atoms with Crippen LogP contribution in [0.5, 0.6) is 5.75 Å². The minimum atomic E-state index is -0.534. The van der Waals surface area contributed by atoms with Crippen LogP contribution < -0.4 is 15.4 Å². The number of rotatable bonds is 7. The number of carbonyl (C=O) groups is 2. The molecule has 0 aliphatic carbocycles. The minimum Gasteiger partial charge on any atom is -0.495 e. The van der Waals surface area contributed by atoms with E-state index >= 15 is 0 Å². The lowest BCUT2D eigenvalue weighted by atomic mass is 10.2. The number of nitro groups is 1. The van der Waals surface area contributed by atoms with Gasteiger partial charge < -0.3 is 19.9 Å². The van der Waals surface area contributed by atoms with E-state index in [1.54, 1.807) is 35.0 Å². The number of hydrogen-bond donors (Lipinski definition) is 2. The molecule has 0 saturated carbocycles. The number of halogens is 1. The fraction of sp³-hybridized carbons (Fsp3) is 0.0833. The molecule has 10 heteroatoms. The first-order valence-corrected chi connectivity index (χ1v) is 10.1. The number of aromatic nitrogens is 1.